The summed E-state index contributed by atoms with van der Waals surface area (Å²) in [6.07, 6.45) is 2.60. The smallest absolute Gasteiger partial charge is 0.278 e. The van der Waals surface area contributed by atoms with Gasteiger partial charge in [0.1, 0.15) is 5.52 Å². The Kier molecular flexibility index (Phi) is 3.47. The van der Waals surface area contributed by atoms with Crippen molar-refractivity contribution in [1.82, 2.24) is 4.98 Å². The van der Waals surface area contributed by atoms with E-state index < -0.39 is 0 Å². The van der Waals surface area contributed by atoms with Gasteiger partial charge in [0.25, 0.3) is 5.69 Å². The van der Waals surface area contributed by atoms with Gasteiger partial charge in [-0.3, -0.25) is 15.1 Å². The lowest BCUT2D eigenvalue weighted by Gasteiger charge is -2.36. The highest BCUT2D eigenvalue weighted by Gasteiger charge is 2.25. The molecule has 1 aromatic carbocycles. The number of fused-ring (bicyclic) bond motifs is 1. The number of benzene rings is 1. The molecule has 6 nitrogen and oxygen atoms in total. The van der Waals surface area contributed by atoms with E-state index >= 15 is 0 Å². The summed E-state index contributed by atoms with van der Waals surface area (Å²) in [5.74, 6) is 0.396. The van der Waals surface area contributed by atoms with Gasteiger partial charge in [0.05, 0.1) is 16.0 Å². The molecule has 2 N–H and O–H groups in total. The van der Waals surface area contributed by atoms with Crippen LogP contribution in [-0.2, 0) is 0 Å². The lowest BCUT2D eigenvalue weighted by atomic mass is 9.94. The molecule has 1 aliphatic rings. The molecule has 3 rings (SSSR count). The third-order valence-electron chi connectivity index (χ3n) is 4.23. The third kappa shape index (κ3) is 2.42. The molecule has 0 saturated carbocycles. The number of non-ortho nitro benzene ring substituents is 1. The second-order valence-electron chi connectivity index (χ2n) is 5.64. The number of nitro groups is 1. The van der Waals surface area contributed by atoms with Gasteiger partial charge in [-0.25, -0.2) is 0 Å². The molecule has 2 aromatic rings. The Hall–Kier alpha value is -2.21. The van der Waals surface area contributed by atoms with Gasteiger partial charge >= 0.3 is 0 Å². The lowest BCUT2D eigenvalue weighted by Crippen LogP contribution is -2.46. The molecule has 0 amide bonds. The van der Waals surface area contributed by atoms with Gasteiger partial charge in [0.15, 0.2) is 0 Å². The Morgan fingerprint density at radius 1 is 1.43 bits per heavy atom. The van der Waals surface area contributed by atoms with Crippen molar-refractivity contribution >= 4 is 22.3 Å². The molecule has 6 heteroatoms. The molecule has 0 aliphatic carbocycles. The van der Waals surface area contributed by atoms with Crippen LogP contribution in [-0.4, -0.2) is 29.0 Å². The van der Waals surface area contributed by atoms with E-state index in [2.05, 4.69) is 16.8 Å². The topological polar surface area (TPSA) is 85.3 Å². The maximum absolute atomic E-state index is 11.1. The van der Waals surface area contributed by atoms with Gasteiger partial charge in [0.2, 0.25) is 0 Å². The van der Waals surface area contributed by atoms with Crippen LogP contribution in [0.1, 0.15) is 13.3 Å². The summed E-state index contributed by atoms with van der Waals surface area (Å²) >= 11 is 0. The fraction of sp³-hybridized carbons (Fsp3) is 0.400. The first kappa shape index (κ1) is 13.8. The normalized spacial score (nSPS) is 22.5. The molecule has 21 heavy (non-hydrogen) atoms. The van der Waals surface area contributed by atoms with Crippen molar-refractivity contribution in [3.05, 3.63) is 40.6 Å². The lowest BCUT2D eigenvalue weighted by molar-refractivity contribution is -0.383. The monoisotopic (exact) mass is 286 g/mol. The standard InChI is InChI=1S/C15H18N4O2/c1-10-9-18(8-6-12(10)16)14-5-4-13(19(20)21)11-3-2-7-17-15(11)14/h2-5,7,10,12H,6,8-9,16H2,1H3. The first-order valence-electron chi connectivity index (χ1n) is 7.10. The molecule has 110 valence electrons. The predicted molar refractivity (Wildman–Crippen MR) is 82.4 cm³/mol. The van der Waals surface area contributed by atoms with Crippen LogP contribution in [0.15, 0.2) is 30.5 Å². The van der Waals surface area contributed by atoms with Gasteiger partial charge in [-0.1, -0.05) is 6.92 Å². The van der Waals surface area contributed by atoms with Crippen molar-refractivity contribution in [2.75, 3.05) is 18.0 Å². The summed E-state index contributed by atoms with van der Waals surface area (Å²) in [5, 5.41) is 11.7. The van der Waals surface area contributed by atoms with Crippen LogP contribution in [0.2, 0.25) is 0 Å². The number of aromatic nitrogens is 1. The summed E-state index contributed by atoms with van der Waals surface area (Å²) < 4.78 is 0. The second-order valence-corrected chi connectivity index (χ2v) is 5.64. The molecule has 2 unspecified atom stereocenters. The molecule has 1 aromatic heterocycles. The second kappa shape index (κ2) is 5.29. The zero-order valence-electron chi connectivity index (χ0n) is 11.9. The number of rotatable bonds is 2. The largest absolute Gasteiger partial charge is 0.369 e. The average molecular weight is 286 g/mol. The molecule has 0 radical (unpaired) electrons. The molecule has 2 heterocycles. The molecule has 1 saturated heterocycles. The van der Waals surface area contributed by atoms with Crippen LogP contribution in [0, 0.1) is 16.0 Å². The molecule has 0 bridgehead atoms. The number of anilines is 1. The number of piperidine rings is 1. The molecular weight excluding hydrogens is 268 g/mol. The zero-order valence-corrected chi connectivity index (χ0v) is 11.9. The minimum atomic E-state index is -0.359. The van der Waals surface area contributed by atoms with Crippen LogP contribution >= 0.6 is 0 Å². The Bertz CT molecular complexity index is 688. The first-order valence-corrected chi connectivity index (χ1v) is 7.10. The van der Waals surface area contributed by atoms with Gasteiger partial charge < -0.3 is 10.6 Å². The van der Waals surface area contributed by atoms with Gasteiger partial charge in [-0.05, 0) is 30.5 Å². The summed E-state index contributed by atoms with van der Waals surface area (Å²) in [6, 6.07) is 7.07. The summed E-state index contributed by atoms with van der Waals surface area (Å²) in [5.41, 5.74) is 7.81. The Balaban J connectivity index is 2.08. The fourth-order valence-corrected chi connectivity index (χ4v) is 2.94. The van der Waals surface area contributed by atoms with E-state index in [1.807, 2.05) is 0 Å². The van der Waals surface area contributed by atoms with Crippen LogP contribution in [0.5, 0.6) is 0 Å². The van der Waals surface area contributed by atoms with Crippen molar-refractivity contribution in [3.8, 4) is 0 Å². The number of nitrogens with two attached hydrogens (primary N) is 1. The van der Waals surface area contributed by atoms with Gasteiger partial charge in [-0.2, -0.15) is 0 Å². The van der Waals surface area contributed by atoms with Crippen molar-refractivity contribution in [1.29, 1.82) is 0 Å². The highest BCUT2D eigenvalue weighted by Crippen LogP contribution is 2.33. The van der Waals surface area contributed by atoms with Crippen molar-refractivity contribution in [2.45, 2.75) is 19.4 Å². The number of nitrogens with zero attached hydrogens (tertiary/aromatic N) is 3. The zero-order chi connectivity index (χ0) is 15.0. The summed E-state index contributed by atoms with van der Waals surface area (Å²) in [7, 11) is 0. The highest BCUT2D eigenvalue weighted by molar-refractivity contribution is 5.97. The van der Waals surface area contributed by atoms with E-state index in [9.17, 15) is 10.1 Å². The maximum Gasteiger partial charge on any atom is 0.278 e. The van der Waals surface area contributed by atoms with E-state index in [1.54, 1.807) is 30.5 Å². The van der Waals surface area contributed by atoms with E-state index in [-0.39, 0.29) is 16.7 Å². The van der Waals surface area contributed by atoms with Crippen LogP contribution in [0.3, 0.4) is 0 Å². The van der Waals surface area contributed by atoms with Crippen molar-refractivity contribution < 1.29 is 4.92 Å². The SMILES string of the molecule is CC1CN(c2ccc([N+](=O)[O-])c3cccnc23)CCC1N. The summed E-state index contributed by atoms with van der Waals surface area (Å²) in [6.45, 7) is 3.84. The van der Waals surface area contributed by atoms with E-state index in [0.29, 0.717) is 16.8 Å². The Morgan fingerprint density at radius 2 is 2.24 bits per heavy atom. The predicted octanol–water partition coefficient (Wildman–Crippen LogP) is 2.32. The van der Waals surface area contributed by atoms with E-state index in [1.165, 1.54) is 0 Å². The number of hydrogen-bond acceptors (Lipinski definition) is 5. The minimum absolute atomic E-state index is 0.101. The molecule has 1 fully saturated rings. The number of hydrogen-bond donors (Lipinski definition) is 1. The van der Waals surface area contributed by atoms with Crippen molar-refractivity contribution in [2.24, 2.45) is 11.7 Å². The number of nitro benzene ring substituents is 1. The third-order valence-corrected chi connectivity index (χ3v) is 4.23. The van der Waals surface area contributed by atoms with Crippen LogP contribution in [0.4, 0.5) is 11.4 Å². The van der Waals surface area contributed by atoms with Gasteiger partial charge in [-0.15, -0.1) is 0 Å². The van der Waals surface area contributed by atoms with Crippen molar-refractivity contribution in [3.63, 3.8) is 0 Å². The fourth-order valence-electron chi connectivity index (χ4n) is 2.94. The first-order chi connectivity index (χ1) is 10.1. The molecule has 2 atom stereocenters. The Morgan fingerprint density at radius 3 is 2.95 bits per heavy atom. The van der Waals surface area contributed by atoms with Crippen LogP contribution < -0.4 is 10.6 Å². The molecular formula is C15H18N4O2. The van der Waals surface area contributed by atoms with Crippen LogP contribution in [0.25, 0.3) is 10.9 Å². The molecule has 0 spiro atoms. The minimum Gasteiger partial charge on any atom is -0.369 e. The van der Waals surface area contributed by atoms with E-state index in [4.69, 9.17) is 5.73 Å². The quantitative estimate of drug-likeness (QED) is 0.676. The maximum atomic E-state index is 11.1. The molecule has 1 aliphatic heterocycles. The highest BCUT2D eigenvalue weighted by atomic mass is 16.6. The summed E-state index contributed by atoms with van der Waals surface area (Å²) in [4.78, 5) is 17.4. The van der Waals surface area contributed by atoms with Gasteiger partial charge in [0, 0.05) is 31.4 Å². The Labute approximate surface area is 122 Å². The van der Waals surface area contributed by atoms with E-state index in [0.717, 1.165) is 25.2 Å². The average Bonchev–Trinajstić information content (AvgIpc) is 2.49. The number of pyridine rings is 1.